The summed E-state index contributed by atoms with van der Waals surface area (Å²) >= 11 is 0. The molecule has 1 rings (SSSR count). The molecule has 3 nitrogen and oxygen atoms in total. The SMILES string of the molecule is CCOC(=O)C[C@@H](CC=O)c1ccccc1. The van der Waals surface area contributed by atoms with E-state index in [9.17, 15) is 9.59 Å². The van der Waals surface area contributed by atoms with Gasteiger partial charge in [-0.05, 0) is 12.5 Å². The number of ether oxygens (including phenoxy) is 1. The van der Waals surface area contributed by atoms with Crippen molar-refractivity contribution in [3.05, 3.63) is 35.9 Å². The van der Waals surface area contributed by atoms with Gasteiger partial charge in [0.15, 0.2) is 0 Å². The molecule has 0 saturated heterocycles. The number of hydrogen-bond donors (Lipinski definition) is 0. The lowest BCUT2D eigenvalue weighted by Crippen LogP contribution is -2.11. The van der Waals surface area contributed by atoms with Crippen LogP contribution in [0.3, 0.4) is 0 Å². The molecule has 16 heavy (non-hydrogen) atoms. The first-order chi connectivity index (χ1) is 7.77. The number of carbonyl (C=O) groups excluding carboxylic acids is 2. The van der Waals surface area contributed by atoms with Gasteiger partial charge in [-0.3, -0.25) is 4.79 Å². The normalized spacial score (nSPS) is 11.8. The summed E-state index contributed by atoms with van der Waals surface area (Å²) in [4.78, 5) is 21.9. The third-order valence-corrected chi connectivity index (χ3v) is 2.37. The second-order valence-electron chi connectivity index (χ2n) is 3.52. The summed E-state index contributed by atoms with van der Waals surface area (Å²) < 4.78 is 4.89. The van der Waals surface area contributed by atoms with Gasteiger partial charge in [0.05, 0.1) is 13.0 Å². The lowest BCUT2D eigenvalue weighted by molar-refractivity contribution is -0.143. The Morgan fingerprint density at radius 2 is 2.06 bits per heavy atom. The summed E-state index contributed by atoms with van der Waals surface area (Å²) in [6.45, 7) is 2.15. The molecular weight excluding hydrogens is 204 g/mol. The smallest absolute Gasteiger partial charge is 0.306 e. The summed E-state index contributed by atoms with van der Waals surface area (Å²) in [7, 11) is 0. The van der Waals surface area contributed by atoms with E-state index in [1.807, 2.05) is 30.3 Å². The van der Waals surface area contributed by atoms with Crippen LogP contribution in [0.4, 0.5) is 0 Å². The zero-order chi connectivity index (χ0) is 11.8. The third-order valence-electron chi connectivity index (χ3n) is 2.37. The standard InChI is InChI=1S/C13H16O3/c1-2-16-13(15)10-12(8-9-14)11-6-4-3-5-7-11/h3-7,9,12H,2,8,10H2,1H3/t12-/m1/s1. The van der Waals surface area contributed by atoms with E-state index in [2.05, 4.69) is 0 Å². The zero-order valence-electron chi connectivity index (χ0n) is 9.39. The average molecular weight is 220 g/mol. The highest BCUT2D eigenvalue weighted by Crippen LogP contribution is 2.22. The molecule has 0 spiro atoms. The minimum absolute atomic E-state index is 0.0715. The monoisotopic (exact) mass is 220 g/mol. The Bertz CT molecular complexity index is 332. The van der Waals surface area contributed by atoms with Gasteiger partial charge in [-0.2, -0.15) is 0 Å². The molecule has 0 aliphatic heterocycles. The highest BCUT2D eigenvalue weighted by atomic mass is 16.5. The number of benzene rings is 1. The molecule has 0 aliphatic rings. The highest BCUT2D eigenvalue weighted by Gasteiger charge is 2.16. The fourth-order valence-corrected chi connectivity index (χ4v) is 1.60. The molecule has 0 heterocycles. The van der Waals surface area contributed by atoms with Gasteiger partial charge in [-0.15, -0.1) is 0 Å². The van der Waals surface area contributed by atoms with Crippen LogP contribution in [0, 0.1) is 0 Å². The average Bonchev–Trinajstić information content (AvgIpc) is 2.30. The van der Waals surface area contributed by atoms with E-state index in [4.69, 9.17) is 4.74 Å². The van der Waals surface area contributed by atoms with Crippen molar-refractivity contribution in [3.8, 4) is 0 Å². The lowest BCUT2D eigenvalue weighted by Gasteiger charge is -2.13. The highest BCUT2D eigenvalue weighted by molar-refractivity contribution is 5.71. The van der Waals surface area contributed by atoms with Crippen LogP contribution < -0.4 is 0 Å². The zero-order valence-corrected chi connectivity index (χ0v) is 9.39. The lowest BCUT2D eigenvalue weighted by atomic mass is 9.93. The van der Waals surface area contributed by atoms with Gasteiger partial charge < -0.3 is 9.53 Å². The van der Waals surface area contributed by atoms with Gasteiger partial charge in [0.1, 0.15) is 6.29 Å². The first-order valence-corrected chi connectivity index (χ1v) is 5.42. The maximum Gasteiger partial charge on any atom is 0.306 e. The van der Waals surface area contributed by atoms with Crippen molar-refractivity contribution < 1.29 is 14.3 Å². The molecule has 1 aromatic rings. The molecule has 3 heteroatoms. The first kappa shape index (κ1) is 12.4. The Morgan fingerprint density at radius 1 is 1.38 bits per heavy atom. The second-order valence-corrected chi connectivity index (χ2v) is 3.52. The van der Waals surface area contributed by atoms with E-state index in [0.29, 0.717) is 13.0 Å². The van der Waals surface area contributed by atoms with Crippen molar-refractivity contribution in [1.82, 2.24) is 0 Å². The fraction of sp³-hybridized carbons (Fsp3) is 0.385. The fourth-order valence-electron chi connectivity index (χ4n) is 1.60. The van der Waals surface area contributed by atoms with Gasteiger partial charge >= 0.3 is 5.97 Å². The topological polar surface area (TPSA) is 43.4 Å². The Hall–Kier alpha value is -1.64. The number of hydrogen-bond acceptors (Lipinski definition) is 3. The molecule has 0 unspecified atom stereocenters. The summed E-state index contributed by atoms with van der Waals surface area (Å²) in [5.74, 6) is -0.323. The molecule has 0 saturated carbocycles. The molecular formula is C13H16O3. The minimum atomic E-state index is -0.252. The second kappa shape index (κ2) is 6.77. The van der Waals surface area contributed by atoms with Crippen molar-refractivity contribution in [2.24, 2.45) is 0 Å². The van der Waals surface area contributed by atoms with Crippen LogP contribution in [0.25, 0.3) is 0 Å². The number of esters is 1. The van der Waals surface area contributed by atoms with E-state index in [0.717, 1.165) is 11.8 Å². The Labute approximate surface area is 95.4 Å². The van der Waals surface area contributed by atoms with Gasteiger partial charge in [0, 0.05) is 12.3 Å². The van der Waals surface area contributed by atoms with Crippen molar-refractivity contribution in [1.29, 1.82) is 0 Å². The van der Waals surface area contributed by atoms with Crippen LogP contribution in [0.2, 0.25) is 0 Å². The molecule has 0 amide bonds. The van der Waals surface area contributed by atoms with E-state index in [1.165, 1.54) is 0 Å². The summed E-state index contributed by atoms with van der Waals surface area (Å²) in [5, 5.41) is 0. The van der Waals surface area contributed by atoms with Crippen molar-refractivity contribution in [2.75, 3.05) is 6.61 Å². The van der Waals surface area contributed by atoms with Crippen LogP contribution >= 0.6 is 0 Å². The van der Waals surface area contributed by atoms with Crippen LogP contribution in [0.15, 0.2) is 30.3 Å². The number of rotatable bonds is 6. The van der Waals surface area contributed by atoms with Crippen molar-refractivity contribution in [2.45, 2.75) is 25.7 Å². The van der Waals surface area contributed by atoms with Crippen LogP contribution in [0.5, 0.6) is 0 Å². The molecule has 0 aromatic heterocycles. The third kappa shape index (κ3) is 3.85. The molecule has 0 bridgehead atoms. The molecule has 1 aromatic carbocycles. The predicted octanol–water partition coefficient (Wildman–Crippen LogP) is 2.31. The van der Waals surface area contributed by atoms with E-state index >= 15 is 0 Å². The maximum atomic E-state index is 11.4. The van der Waals surface area contributed by atoms with Crippen molar-refractivity contribution >= 4 is 12.3 Å². The van der Waals surface area contributed by atoms with Gasteiger partial charge in [-0.25, -0.2) is 0 Å². The number of carbonyl (C=O) groups is 2. The summed E-state index contributed by atoms with van der Waals surface area (Å²) in [5.41, 5.74) is 1.00. The summed E-state index contributed by atoms with van der Waals surface area (Å²) in [6, 6.07) is 9.56. The van der Waals surface area contributed by atoms with Crippen LogP contribution in [0.1, 0.15) is 31.2 Å². The Morgan fingerprint density at radius 3 is 2.62 bits per heavy atom. The van der Waals surface area contributed by atoms with E-state index in [1.54, 1.807) is 6.92 Å². The van der Waals surface area contributed by atoms with Crippen LogP contribution in [-0.2, 0) is 14.3 Å². The number of aldehydes is 1. The molecule has 0 fully saturated rings. The molecule has 0 N–H and O–H groups in total. The van der Waals surface area contributed by atoms with Crippen LogP contribution in [-0.4, -0.2) is 18.9 Å². The van der Waals surface area contributed by atoms with Gasteiger partial charge in [0.25, 0.3) is 0 Å². The molecule has 0 radical (unpaired) electrons. The maximum absolute atomic E-state index is 11.4. The molecule has 1 atom stereocenters. The molecule has 0 aliphatic carbocycles. The first-order valence-electron chi connectivity index (χ1n) is 5.42. The quantitative estimate of drug-likeness (QED) is 0.545. The van der Waals surface area contributed by atoms with Gasteiger partial charge in [0.2, 0.25) is 0 Å². The minimum Gasteiger partial charge on any atom is -0.466 e. The van der Waals surface area contributed by atoms with Gasteiger partial charge in [-0.1, -0.05) is 30.3 Å². The predicted molar refractivity (Wildman–Crippen MR) is 61.1 cm³/mol. The largest absolute Gasteiger partial charge is 0.466 e. The van der Waals surface area contributed by atoms with Crippen molar-refractivity contribution in [3.63, 3.8) is 0 Å². The van der Waals surface area contributed by atoms with E-state index in [-0.39, 0.29) is 18.3 Å². The van der Waals surface area contributed by atoms with E-state index < -0.39 is 0 Å². The summed E-state index contributed by atoms with van der Waals surface area (Å²) in [6.07, 6.45) is 1.45. The Kier molecular flexibility index (Phi) is 5.26. The molecule has 86 valence electrons. The Balaban J connectivity index is 2.68.